The lowest BCUT2D eigenvalue weighted by Crippen LogP contribution is -2.50. The summed E-state index contributed by atoms with van der Waals surface area (Å²) in [6, 6.07) is 4.50. The van der Waals surface area contributed by atoms with Gasteiger partial charge in [0.15, 0.2) is 0 Å². The second-order valence-corrected chi connectivity index (χ2v) is 7.14. The number of carbonyl (C=O) groups excluding carboxylic acids is 2. The molecule has 0 aromatic carbocycles. The highest BCUT2D eigenvalue weighted by Crippen LogP contribution is 2.33. The summed E-state index contributed by atoms with van der Waals surface area (Å²) >= 11 is 0. The van der Waals surface area contributed by atoms with Crippen LogP contribution in [0.1, 0.15) is 24.8 Å². The lowest BCUT2D eigenvalue weighted by atomic mass is 10.1. The maximum Gasteiger partial charge on any atom is 0.228 e. The second kappa shape index (κ2) is 6.51. The molecular formula is C18H24N4O2. The van der Waals surface area contributed by atoms with E-state index < -0.39 is 0 Å². The Kier molecular flexibility index (Phi) is 4.22. The number of piperazine rings is 1. The van der Waals surface area contributed by atoms with Crippen LogP contribution in [0.5, 0.6) is 0 Å². The van der Waals surface area contributed by atoms with Crippen molar-refractivity contribution in [3.05, 3.63) is 30.1 Å². The molecule has 1 atom stereocenters. The first kappa shape index (κ1) is 15.6. The Bertz CT molecular complexity index is 609. The van der Waals surface area contributed by atoms with Crippen LogP contribution in [0.4, 0.5) is 0 Å². The molecule has 0 bridgehead atoms. The molecule has 1 aliphatic carbocycles. The smallest absolute Gasteiger partial charge is 0.228 e. The average molecular weight is 328 g/mol. The Morgan fingerprint density at radius 3 is 2.50 bits per heavy atom. The van der Waals surface area contributed by atoms with E-state index in [4.69, 9.17) is 0 Å². The number of rotatable bonds is 4. The Balaban J connectivity index is 1.28. The topological polar surface area (TPSA) is 56.8 Å². The lowest BCUT2D eigenvalue weighted by molar-refractivity contribution is -0.137. The maximum absolute atomic E-state index is 12.7. The Morgan fingerprint density at radius 2 is 1.83 bits per heavy atom. The SMILES string of the molecule is O=C(C1CC(=O)N(C2CC2)C1)N1CCN(Cc2ccncc2)CC1. The van der Waals surface area contributed by atoms with Gasteiger partial charge in [0.1, 0.15) is 0 Å². The van der Waals surface area contributed by atoms with Crippen molar-refractivity contribution in [2.75, 3.05) is 32.7 Å². The summed E-state index contributed by atoms with van der Waals surface area (Å²) in [6.07, 6.45) is 6.27. The van der Waals surface area contributed by atoms with Crippen molar-refractivity contribution in [2.45, 2.75) is 31.8 Å². The van der Waals surface area contributed by atoms with E-state index in [1.807, 2.05) is 34.3 Å². The van der Waals surface area contributed by atoms with Gasteiger partial charge in [-0.1, -0.05) is 0 Å². The summed E-state index contributed by atoms with van der Waals surface area (Å²) < 4.78 is 0. The number of pyridine rings is 1. The highest BCUT2D eigenvalue weighted by Gasteiger charge is 2.43. The Hall–Kier alpha value is -1.95. The van der Waals surface area contributed by atoms with Crippen molar-refractivity contribution in [3.8, 4) is 0 Å². The van der Waals surface area contributed by atoms with Crippen LogP contribution >= 0.6 is 0 Å². The number of likely N-dealkylation sites (tertiary alicyclic amines) is 1. The van der Waals surface area contributed by atoms with Gasteiger partial charge in [0.05, 0.1) is 5.92 Å². The molecule has 6 heteroatoms. The molecule has 1 unspecified atom stereocenters. The minimum absolute atomic E-state index is 0.121. The van der Waals surface area contributed by atoms with Gasteiger partial charge < -0.3 is 9.80 Å². The van der Waals surface area contributed by atoms with Gasteiger partial charge in [0, 0.05) is 64.1 Å². The molecule has 3 heterocycles. The van der Waals surface area contributed by atoms with Crippen LogP contribution in [0.25, 0.3) is 0 Å². The summed E-state index contributed by atoms with van der Waals surface area (Å²) in [7, 11) is 0. The first-order chi connectivity index (χ1) is 11.7. The molecule has 4 rings (SSSR count). The molecule has 128 valence electrons. The quantitative estimate of drug-likeness (QED) is 0.818. The number of carbonyl (C=O) groups is 2. The number of aromatic nitrogens is 1. The predicted octanol–water partition coefficient (Wildman–Crippen LogP) is 0.737. The molecular weight excluding hydrogens is 304 g/mol. The Morgan fingerprint density at radius 1 is 1.12 bits per heavy atom. The summed E-state index contributed by atoms with van der Waals surface area (Å²) in [4.78, 5) is 35.1. The predicted molar refractivity (Wildman–Crippen MR) is 88.9 cm³/mol. The van der Waals surface area contributed by atoms with Crippen LogP contribution < -0.4 is 0 Å². The van der Waals surface area contributed by atoms with Crippen LogP contribution in [0.3, 0.4) is 0 Å². The second-order valence-electron chi connectivity index (χ2n) is 7.14. The van der Waals surface area contributed by atoms with Crippen molar-refractivity contribution in [3.63, 3.8) is 0 Å². The van der Waals surface area contributed by atoms with Crippen molar-refractivity contribution >= 4 is 11.8 Å². The van der Waals surface area contributed by atoms with Crippen LogP contribution in [-0.4, -0.2) is 70.3 Å². The zero-order valence-corrected chi connectivity index (χ0v) is 13.9. The fraction of sp³-hybridized carbons (Fsp3) is 0.611. The monoisotopic (exact) mass is 328 g/mol. The van der Waals surface area contributed by atoms with Crippen LogP contribution in [0.2, 0.25) is 0 Å². The number of hydrogen-bond donors (Lipinski definition) is 0. The van der Waals surface area contributed by atoms with Gasteiger partial charge in [-0.15, -0.1) is 0 Å². The molecule has 1 aromatic rings. The van der Waals surface area contributed by atoms with E-state index >= 15 is 0 Å². The highest BCUT2D eigenvalue weighted by molar-refractivity contribution is 5.89. The molecule has 0 N–H and O–H groups in total. The van der Waals surface area contributed by atoms with E-state index in [9.17, 15) is 9.59 Å². The van der Waals surface area contributed by atoms with Crippen molar-refractivity contribution < 1.29 is 9.59 Å². The first-order valence-corrected chi connectivity index (χ1v) is 8.90. The summed E-state index contributed by atoms with van der Waals surface area (Å²) in [5.74, 6) is 0.229. The maximum atomic E-state index is 12.7. The molecule has 1 saturated carbocycles. The molecule has 1 aromatic heterocycles. The van der Waals surface area contributed by atoms with Crippen molar-refractivity contribution in [1.82, 2.24) is 19.7 Å². The van der Waals surface area contributed by atoms with Gasteiger partial charge in [0.25, 0.3) is 0 Å². The van der Waals surface area contributed by atoms with E-state index in [0.717, 1.165) is 45.6 Å². The highest BCUT2D eigenvalue weighted by atomic mass is 16.2. The third-order valence-corrected chi connectivity index (χ3v) is 5.33. The van der Waals surface area contributed by atoms with Gasteiger partial charge in [-0.2, -0.15) is 0 Å². The molecule has 2 aliphatic heterocycles. The normalized spacial score (nSPS) is 25.3. The van der Waals surface area contributed by atoms with Gasteiger partial charge in [-0.05, 0) is 30.5 Å². The molecule has 3 aliphatic rings. The molecule has 0 radical (unpaired) electrons. The lowest BCUT2D eigenvalue weighted by Gasteiger charge is -2.35. The molecule has 0 spiro atoms. The van der Waals surface area contributed by atoms with Crippen molar-refractivity contribution in [1.29, 1.82) is 0 Å². The van der Waals surface area contributed by atoms with Crippen LogP contribution in [0, 0.1) is 5.92 Å². The Labute approximate surface area is 142 Å². The van der Waals surface area contributed by atoms with E-state index in [1.54, 1.807) is 0 Å². The fourth-order valence-electron chi connectivity index (χ4n) is 3.77. The summed E-state index contributed by atoms with van der Waals surface area (Å²) in [5, 5.41) is 0. The molecule has 2 amide bonds. The van der Waals surface area contributed by atoms with E-state index in [0.29, 0.717) is 19.0 Å². The minimum atomic E-state index is -0.121. The largest absolute Gasteiger partial charge is 0.340 e. The standard InChI is InChI=1S/C18H24N4O2/c23-17-11-15(13-22(17)16-1-2-16)18(24)21-9-7-20(8-10-21)12-14-3-5-19-6-4-14/h3-6,15-16H,1-2,7-13H2. The van der Waals surface area contributed by atoms with Gasteiger partial charge in [0.2, 0.25) is 11.8 Å². The van der Waals surface area contributed by atoms with Gasteiger partial charge in [-0.3, -0.25) is 19.5 Å². The first-order valence-electron chi connectivity index (χ1n) is 8.90. The molecule has 24 heavy (non-hydrogen) atoms. The number of nitrogens with zero attached hydrogens (tertiary/aromatic N) is 4. The zero-order chi connectivity index (χ0) is 16.5. The van der Waals surface area contributed by atoms with E-state index in [1.165, 1.54) is 5.56 Å². The average Bonchev–Trinajstić information content (AvgIpc) is 3.38. The zero-order valence-electron chi connectivity index (χ0n) is 13.9. The fourth-order valence-corrected chi connectivity index (χ4v) is 3.77. The van der Waals surface area contributed by atoms with E-state index in [2.05, 4.69) is 9.88 Å². The minimum Gasteiger partial charge on any atom is -0.340 e. The summed E-state index contributed by atoms with van der Waals surface area (Å²) in [6.45, 7) is 4.85. The summed E-state index contributed by atoms with van der Waals surface area (Å²) in [5.41, 5.74) is 1.26. The third kappa shape index (κ3) is 3.29. The number of hydrogen-bond acceptors (Lipinski definition) is 4. The van der Waals surface area contributed by atoms with E-state index in [-0.39, 0.29) is 17.7 Å². The molecule has 2 saturated heterocycles. The van der Waals surface area contributed by atoms with Gasteiger partial charge in [-0.25, -0.2) is 0 Å². The third-order valence-electron chi connectivity index (χ3n) is 5.33. The van der Waals surface area contributed by atoms with Crippen molar-refractivity contribution in [2.24, 2.45) is 5.92 Å². The van der Waals surface area contributed by atoms with Crippen LogP contribution in [-0.2, 0) is 16.1 Å². The molecule has 3 fully saturated rings. The number of amides is 2. The van der Waals surface area contributed by atoms with Crippen LogP contribution in [0.15, 0.2) is 24.5 Å². The van der Waals surface area contributed by atoms with Gasteiger partial charge >= 0.3 is 0 Å². The molecule has 6 nitrogen and oxygen atoms in total.